The maximum absolute atomic E-state index is 12.1. The van der Waals surface area contributed by atoms with E-state index in [1.807, 2.05) is 0 Å². The van der Waals surface area contributed by atoms with Crippen LogP contribution in [0.3, 0.4) is 0 Å². The van der Waals surface area contributed by atoms with Crippen LogP contribution in [0.4, 0.5) is 0 Å². The lowest BCUT2D eigenvalue weighted by molar-refractivity contribution is -0.128. The number of ether oxygens (including phenoxy) is 1. The number of hydrogen-bond acceptors (Lipinski definition) is 4. The van der Waals surface area contributed by atoms with Crippen molar-refractivity contribution in [3.8, 4) is 5.75 Å². The van der Waals surface area contributed by atoms with E-state index in [2.05, 4.69) is 15.8 Å². The van der Waals surface area contributed by atoms with Crippen LogP contribution in [-0.2, 0) is 16.0 Å². The van der Waals surface area contributed by atoms with E-state index in [9.17, 15) is 9.59 Å². The van der Waals surface area contributed by atoms with Gasteiger partial charge in [0, 0.05) is 5.56 Å². The molecule has 0 heterocycles. The first-order valence-electron chi connectivity index (χ1n) is 8.10. The van der Waals surface area contributed by atoms with Crippen molar-refractivity contribution in [3.05, 3.63) is 63.6 Å². The summed E-state index contributed by atoms with van der Waals surface area (Å²) in [5.74, 6) is -0.0123. The number of nitrogens with one attached hydrogen (secondary N) is 2. The molecule has 2 rings (SSSR count). The van der Waals surface area contributed by atoms with Gasteiger partial charge in [-0.2, -0.15) is 5.10 Å². The number of rotatable bonds is 7. The Hall–Kier alpha value is -2.57. The highest BCUT2D eigenvalue weighted by Crippen LogP contribution is 2.24. The molecule has 2 N–H and O–H groups in total. The van der Waals surface area contributed by atoms with Gasteiger partial charge in [0.05, 0.1) is 29.8 Å². The summed E-state index contributed by atoms with van der Waals surface area (Å²) in [4.78, 5) is 24.1. The molecular weight excluding hydrogens is 389 g/mol. The van der Waals surface area contributed by atoms with E-state index < -0.39 is 11.9 Å². The Bertz CT molecular complexity index is 839. The fourth-order valence-corrected chi connectivity index (χ4v) is 2.53. The third-order valence-corrected chi connectivity index (χ3v) is 4.49. The van der Waals surface area contributed by atoms with Gasteiger partial charge in [-0.1, -0.05) is 47.5 Å². The molecule has 142 valence electrons. The number of hydrogen-bond donors (Lipinski definition) is 2. The monoisotopic (exact) mass is 407 g/mol. The summed E-state index contributed by atoms with van der Waals surface area (Å²) >= 11 is 11.9. The summed E-state index contributed by atoms with van der Waals surface area (Å²) in [6.07, 6.45) is 1.54. The summed E-state index contributed by atoms with van der Waals surface area (Å²) in [5.41, 5.74) is 3.74. The quantitative estimate of drug-likeness (QED) is 0.546. The molecular formula is C19H19Cl2N3O3. The molecule has 1 unspecified atom stereocenters. The Balaban J connectivity index is 1.84. The van der Waals surface area contributed by atoms with Crippen LogP contribution in [0.1, 0.15) is 18.1 Å². The first kappa shape index (κ1) is 20.7. The summed E-state index contributed by atoms with van der Waals surface area (Å²) in [7, 11) is 1.57. The molecule has 0 spiro atoms. The van der Waals surface area contributed by atoms with Gasteiger partial charge in [0.1, 0.15) is 11.8 Å². The van der Waals surface area contributed by atoms with Crippen LogP contribution < -0.4 is 15.5 Å². The molecule has 0 bridgehead atoms. The van der Waals surface area contributed by atoms with Crippen LogP contribution in [0.2, 0.25) is 10.0 Å². The summed E-state index contributed by atoms with van der Waals surface area (Å²) in [5, 5.41) is 7.20. The molecule has 27 heavy (non-hydrogen) atoms. The van der Waals surface area contributed by atoms with E-state index in [4.69, 9.17) is 27.9 Å². The Morgan fingerprint density at radius 3 is 2.56 bits per heavy atom. The van der Waals surface area contributed by atoms with E-state index in [1.54, 1.807) is 56.5 Å². The van der Waals surface area contributed by atoms with Crippen LogP contribution in [0.25, 0.3) is 0 Å². The number of carbonyl (C=O) groups is 2. The van der Waals surface area contributed by atoms with Gasteiger partial charge in [-0.05, 0) is 30.7 Å². The lowest BCUT2D eigenvalue weighted by atomic mass is 10.1. The molecule has 0 aliphatic carbocycles. The Morgan fingerprint density at radius 1 is 1.19 bits per heavy atom. The van der Waals surface area contributed by atoms with Gasteiger partial charge in [-0.15, -0.1) is 0 Å². The molecule has 0 aliphatic rings. The van der Waals surface area contributed by atoms with Crippen LogP contribution in [0.5, 0.6) is 5.75 Å². The van der Waals surface area contributed by atoms with Crippen molar-refractivity contribution in [3.63, 3.8) is 0 Å². The fraction of sp³-hybridized carbons (Fsp3) is 0.211. The van der Waals surface area contributed by atoms with Gasteiger partial charge < -0.3 is 10.1 Å². The fourth-order valence-electron chi connectivity index (χ4n) is 2.17. The zero-order chi connectivity index (χ0) is 19.8. The molecule has 8 heteroatoms. The van der Waals surface area contributed by atoms with Crippen molar-refractivity contribution in [1.29, 1.82) is 0 Å². The minimum absolute atomic E-state index is 0.156. The molecule has 0 saturated carbocycles. The van der Waals surface area contributed by atoms with Gasteiger partial charge in [0.15, 0.2) is 0 Å². The maximum atomic E-state index is 12.1. The molecule has 0 aromatic heterocycles. The van der Waals surface area contributed by atoms with Gasteiger partial charge in [-0.3, -0.25) is 9.59 Å². The number of amides is 2. The highest BCUT2D eigenvalue weighted by atomic mass is 35.5. The minimum Gasteiger partial charge on any atom is -0.497 e. The lowest BCUT2D eigenvalue weighted by Crippen LogP contribution is -2.43. The molecule has 2 amide bonds. The Kier molecular flexibility index (Phi) is 7.64. The molecule has 0 radical (unpaired) electrons. The zero-order valence-electron chi connectivity index (χ0n) is 14.8. The normalized spacial score (nSPS) is 11.9. The van der Waals surface area contributed by atoms with Crippen LogP contribution in [-0.4, -0.2) is 31.2 Å². The molecule has 6 nitrogen and oxygen atoms in total. The number of nitrogens with zero attached hydrogens (tertiary/aromatic N) is 1. The average Bonchev–Trinajstić information content (AvgIpc) is 2.65. The highest BCUT2D eigenvalue weighted by molar-refractivity contribution is 6.43. The molecule has 0 aliphatic heterocycles. The van der Waals surface area contributed by atoms with Crippen LogP contribution >= 0.6 is 23.2 Å². The SMILES string of the molecule is COc1ccc(CC(=O)NC(C)C(=O)NN=Cc2cccc(Cl)c2Cl)cc1. The van der Waals surface area contributed by atoms with E-state index in [1.165, 1.54) is 6.21 Å². The number of methoxy groups -OCH3 is 1. The second kappa shape index (κ2) is 9.94. The zero-order valence-corrected chi connectivity index (χ0v) is 16.3. The van der Waals surface area contributed by atoms with Crippen molar-refractivity contribution >= 4 is 41.2 Å². The second-order valence-electron chi connectivity index (χ2n) is 5.69. The second-order valence-corrected chi connectivity index (χ2v) is 6.48. The largest absolute Gasteiger partial charge is 0.497 e. The summed E-state index contributed by atoms with van der Waals surface area (Å²) in [6.45, 7) is 1.57. The highest BCUT2D eigenvalue weighted by Gasteiger charge is 2.15. The minimum atomic E-state index is -0.747. The van der Waals surface area contributed by atoms with Crippen molar-refractivity contribution in [2.75, 3.05) is 7.11 Å². The predicted molar refractivity (Wildman–Crippen MR) is 107 cm³/mol. The number of carbonyl (C=O) groups excluding carboxylic acids is 2. The Labute approximate surface area is 167 Å². The molecule has 1 atom stereocenters. The first-order chi connectivity index (χ1) is 12.9. The van der Waals surface area contributed by atoms with Crippen molar-refractivity contribution in [2.24, 2.45) is 5.10 Å². The molecule has 2 aromatic carbocycles. The third kappa shape index (κ3) is 6.27. The first-order valence-corrected chi connectivity index (χ1v) is 8.85. The van der Waals surface area contributed by atoms with Gasteiger partial charge in [0.25, 0.3) is 5.91 Å². The molecule has 0 fully saturated rings. The van der Waals surface area contributed by atoms with Crippen molar-refractivity contribution in [1.82, 2.24) is 10.7 Å². The third-order valence-electron chi connectivity index (χ3n) is 3.65. The smallest absolute Gasteiger partial charge is 0.262 e. The van der Waals surface area contributed by atoms with E-state index in [0.717, 1.165) is 5.56 Å². The Morgan fingerprint density at radius 2 is 1.89 bits per heavy atom. The van der Waals surface area contributed by atoms with Crippen LogP contribution in [0.15, 0.2) is 47.6 Å². The van der Waals surface area contributed by atoms with E-state index in [0.29, 0.717) is 21.4 Å². The van der Waals surface area contributed by atoms with Gasteiger partial charge in [-0.25, -0.2) is 5.43 Å². The van der Waals surface area contributed by atoms with Crippen molar-refractivity contribution < 1.29 is 14.3 Å². The van der Waals surface area contributed by atoms with Gasteiger partial charge in [0.2, 0.25) is 5.91 Å². The average molecular weight is 408 g/mol. The topological polar surface area (TPSA) is 79.8 Å². The standard InChI is InChI=1S/C19H19Cl2N3O3/c1-12(23-17(25)10-13-6-8-15(27-2)9-7-13)19(26)24-22-11-14-4-3-5-16(20)18(14)21/h3-9,11-12H,10H2,1-2H3,(H,23,25)(H,24,26). The van der Waals surface area contributed by atoms with E-state index in [-0.39, 0.29) is 12.3 Å². The maximum Gasteiger partial charge on any atom is 0.262 e. The number of hydrazone groups is 1. The lowest BCUT2D eigenvalue weighted by Gasteiger charge is -2.12. The predicted octanol–water partition coefficient (Wildman–Crippen LogP) is 3.20. The molecule has 2 aromatic rings. The van der Waals surface area contributed by atoms with Crippen molar-refractivity contribution in [2.45, 2.75) is 19.4 Å². The van der Waals surface area contributed by atoms with E-state index >= 15 is 0 Å². The number of halogens is 2. The summed E-state index contributed by atoms with van der Waals surface area (Å²) in [6, 6.07) is 11.5. The van der Waals surface area contributed by atoms with Gasteiger partial charge >= 0.3 is 0 Å². The number of benzene rings is 2. The van der Waals surface area contributed by atoms with Crippen LogP contribution in [0, 0.1) is 0 Å². The molecule has 0 saturated heterocycles. The summed E-state index contributed by atoms with van der Waals surface area (Å²) < 4.78 is 5.07.